The number of allylic oxidation sites excluding steroid dienone is 2. The average Bonchev–Trinajstić information content (AvgIpc) is 2.01. The van der Waals surface area contributed by atoms with Gasteiger partial charge in [-0.2, -0.15) is 0 Å². The number of carboxylic acids is 1. The summed E-state index contributed by atoms with van der Waals surface area (Å²) in [5, 5.41) is 17.0. The minimum absolute atomic E-state index is 0.171. The molecule has 3 heteroatoms. The van der Waals surface area contributed by atoms with E-state index in [1.54, 1.807) is 0 Å². The first kappa shape index (κ1) is 14.0. The van der Waals surface area contributed by atoms with Crippen LogP contribution in [0.25, 0.3) is 0 Å². The molecule has 0 fully saturated rings. The Morgan fingerprint density at radius 2 is 1.60 bits per heavy atom. The maximum atomic E-state index is 9.58. The zero-order chi connectivity index (χ0) is 12.1. The van der Waals surface area contributed by atoms with E-state index in [2.05, 4.69) is 20.8 Å². The Morgan fingerprint density at radius 3 is 1.87 bits per heavy atom. The summed E-state index contributed by atoms with van der Waals surface area (Å²) in [6.07, 6.45) is 4.39. The highest BCUT2D eigenvalue weighted by Gasteiger charge is 2.22. The van der Waals surface area contributed by atoms with Crippen molar-refractivity contribution in [3.63, 3.8) is 0 Å². The largest absolute Gasteiger partial charge is 0.512 e. The van der Waals surface area contributed by atoms with Gasteiger partial charge in [0.1, 0.15) is 0 Å². The second kappa shape index (κ2) is 5.79. The van der Waals surface area contributed by atoms with Crippen molar-refractivity contribution >= 4 is 5.97 Å². The van der Waals surface area contributed by atoms with Crippen molar-refractivity contribution in [2.45, 2.75) is 53.4 Å². The Morgan fingerprint density at radius 1 is 1.20 bits per heavy atom. The van der Waals surface area contributed by atoms with E-state index in [-0.39, 0.29) is 5.41 Å². The molecule has 1 aliphatic rings. The molecule has 0 aromatic carbocycles. The van der Waals surface area contributed by atoms with Crippen molar-refractivity contribution in [1.29, 1.82) is 0 Å². The van der Waals surface area contributed by atoms with Crippen LogP contribution in [0.3, 0.4) is 0 Å². The second-order valence-corrected chi connectivity index (χ2v) is 4.90. The molecule has 15 heavy (non-hydrogen) atoms. The van der Waals surface area contributed by atoms with E-state index in [1.807, 2.05) is 0 Å². The van der Waals surface area contributed by atoms with Crippen LogP contribution in [0.1, 0.15) is 53.4 Å². The molecule has 1 aliphatic carbocycles. The molecule has 0 heterocycles. The maximum absolute atomic E-state index is 9.58. The molecule has 2 N–H and O–H groups in total. The molecule has 0 saturated heterocycles. The molecular formula is C12H22O3. The predicted molar refractivity (Wildman–Crippen MR) is 60.9 cm³/mol. The fourth-order valence-electron chi connectivity index (χ4n) is 1.70. The number of aliphatic hydroxyl groups excluding tert-OH is 1. The number of aliphatic carboxylic acids is 1. The van der Waals surface area contributed by atoms with Gasteiger partial charge in [0.15, 0.2) is 0 Å². The third-order valence-electron chi connectivity index (χ3n) is 2.34. The fourth-order valence-corrected chi connectivity index (χ4v) is 1.70. The van der Waals surface area contributed by atoms with E-state index >= 15 is 0 Å². The molecule has 0 aliphatic heterocycles. The first-order chi connectivity index (χ1) is 6.75. The second-order valence-electron chi connectivity index (χ2n) is 4.90. The van der Waals surface area contributed by atoms with Gasteiger partial charge in [-0.15, -0.1) is 0 Å². The van der Waals surface area contributed by atoms with Crippen LogP contribution in [-0.2, 0) is 4.79 Å². The van der Waals surface area contributed by atoms with Crippen LogP contribution in [0.5, 0.6) is 0 Å². The number of hydrogen-bond acceptors (Lipinski definition) is 2. The van der Waals surface area contributed by atoms with Crippen molar-refractivity contribution in [3.8, 4) is 0 Å². The highest BCUT2D eigenvalue weighted by molar-refractivity contribution is 5.62. The van der Waals surface area contributed by atoms with Crippen LogP contribution in [-0.4, -0.2) is 16.2 Å². The highest BCUT2D eigenvalue weighted by Crippen LogP contribution is 2.35. The van der Waals surface area contributed by atoms with Gasteiger partial charge in [-0.3, -0.25) is 4.79 Å². The summed E-state index contributed by atoms with van der Waals surface area (Å²) in [6, 6.07) is 0. The van der Waals surface area contributed by atoms with E-state index in [0.717, 1.165) is 26.2 Å². The van der Waals surface area contributed by atoms with Gasteiger partial charge in [0, 0.05) is 13.3 Å². The van der Waals surface area contributed by atoms with Crippen LogP contribution in [0.15, 0.2) is 11.3 Å². The third-order valence-corrected chi connectivity index (χ3v) is 2.34. The lowest BCUT2D eigenvalue weighted by Gasteiger charge is -2.27. The van der Waals surface area contributed by atoms with E-state index in [0.29, 0.717) is 5.76 Å². The molecule has 0 spiro atoms. The number of aliphatic hydroxyl groups is 1. The summed E-state index contributed by atoms with van der Waals surface area (Å²) < 4.78 is 0. The Hall–Kier alpha value is -0.990. The van der Waals surface area contributed by atoms with E-state index < -0.39 is 5.97 Å². The zero-order valence-electron chi connectivity index (χ0n) is 10.1. The van der Waals surface area contributed by atoms with Crippen LogP contribution in [0.2, 0.25) is 0 Å². The third kappa shape index (κ3) is 6.15. The van der Waals surface area contributed by atoms with Gasteiger partial charge in [-0.25, -0.2) is 0 Å². The molecule has 0 aromatic heterocycles. The SMILES string of the molecule is CC(=O)O.CC(C)(C)C1=C(O)CCCC1. The monoisotopic (exact) mass is 214 g/mol. The van der Waals surface area contributed by atoms with Gasteiger partial charge in [0.2, 0.25) is 0 Å². The normalized spacial score (nSPS) is 16.8. The first-order valence-corrected chi connectivity index (χ1v) is 5.36. The molecular weight excluding hydrogens is 192 g/mol. The van der Waals surface area contributed by atoms with Gasteiger partial charge in [-0.05, 0) is 30.3 Å². The Bertz CT molecular complexity index is 242. The summed E-state index contributed by atoms with van der Waals surface area (Å²) in [4.78, 5) is 9.00. The lowest BCUT2D eigenvalue weighted by molar-refractivity contribution is -0.134. The predicted octanol–water partition coefficient (Wildman–Crippen LogP) is 3.51. The average molecular weight is 214 g/mol. The fraction of sp³-hybridized carbons (Fsp3) is 0.750. The number of hydrogen-bond donors (Lipinski definition) is 2. The first-order valence-electron chi connectivity index (χ1n) is 5.36. The lowest BCUT2D eigenvalue weighted by atomic mass is 9.79. The minimum Gasteiger partial charge on any atom is -0.512 e. The Labute approximate surface area is 91.8 Å². The number of carbonyl (C=O) groups is 1. The quantitative estimate of drug-likeness (QED) is 0.648. The number of rotatable bonds is 0. The molecule has 1 rings (SSSR count). The van der Waals surface area contributed by atoms with Crippen molar-refractivity contribution in [1.82, 2.24) is 0 Å². The van der Waals surface area contributed by atoms with Gasteiger partial charge in [0.05, 0.1) is 5.76 Å². The van der Waals surface area contributed by atoms with Gasteiger partial charge in [-0.1, -0.05) is 20.8 Å². The van der Waals surface area contributed by atoms with Crippen LogP contribution in [0.4, 0.5) is 0 Å². The minimum atomic E-state index is -0.833. The zero-order valence-corrected chi connectivity index (χ0v) is 10.1. The van der Waals surface area contributed by atoms with Gasteiger partial charge < -0.3 is 10.2 Å². The summed E-state index contributed by atoms with van der Waals surface area (Å²) in [6.45, 7) is 7.59. The summed E-state index contributed by atoms with van der Waals surface area (Å²) >= 11 is 0. The van der Waals surface area contributed by atoms with E-state index in [1.165, 1.54) is 12.0 Å². The topological polar surface area (TPSA) is 57.5 Å². The molecule has 0 atom stereocenters. The van der Waals surface area contributed by atoms with Crippen LogP contribution < -0.4 is 0 Å². The summed E-state index contributed by atoms with van der Waals surface area (Å²) in [7, 11) is 0. The molecule has 0 radical (unpaired) electrons. The summed E-state index contributed by atoms with van der Waals surface area (Å²) in [5.74, 6) is -0.177. The van der Waals surface area contributed by atoms with Crippen molar-refractivity contribution in [2.24, 2.45) is 5.41 Å². The molecule has 88 valence electrons. The standard InChI is InChI=1S/C10H18O.C2H4O2/c1-10(2,3)8-6-4-5-7-9(8)11;1-2(3)4/h11H,4-7H2,1-3H3;1H3,(H,3,4). The summed E-state index contributed by atoms with van der Waals surface area (Å²) in [5.41, 5.74) is 1.44. The molecule has 0 unspecified atom stereocenters. The van der Waals surface area contributed by atoms with Crippen molar-refractivity contribution < 1.29 is 15.0 Å². The molecule has 3 nitrogen and oxygen atoms in total. The Balaban J connectivity index is 0.000000423. The van der Waals surface area contributed by atoms with Gasteiger partial charge in [0.25, 0.3) is 5.97 Å². The van der Waals surface area contributed by atoms with E-state index in [9.17, 15) is 5.11 Å². The molecule has 0 bridgehead atoms. The molecule has 0 aromatic rings. The van der Waals surface area contributed by atoms with Crippen LogP contribution in [0, 0.1) is 5.41 Å². The smallest absolute Gasteiger partial charge is 0.300 e. The van der Waals surface area contributed by atoms with E-state index in [4.69, 9.17) is 9.90 Å². The highest BCUT2D eigenvalue weighted by atomic mass is 16.4. The number of carboxylic acid groups (broad SMARTS) is 1. The maximum Gasteiger partial charge on any atom is 0.300 e. The molecule has 0 amide bonds. The van der Waals surface area contributed by atoms with Crippen molar-refractivity contribution in [3.05, 3.63) is 11.3 Å². The lowest BCUT2D eigenvalue weighted by Crippen LogP contribution is -2.14. The molecule has 0 saturated carbocycles. The van der Waals surface area contributed by atoms with Crippen LogP contribution >= 0.6 is 0 Å². The Kier molecular flexibility index (Phi) is 5.40. The van der Waals surface area contributed by atoms with Gasteiger partial charge >= 0.3 is 0 Å². The van der Waals surface area contributed by atoms with Crippen molar-refractivity contribution in [2.75, 3.05) is 0 Å².